The molecule has 1 aromatic carbocycles. The van der Waals surface area contributed by atoms with E-state index in [2.05, 4.69) is 9.97 Å². The number of fused-ring (bicyclic) bond motifs is 1. The Morgan fingerprint density at radius 1 is 1.27 bits per heavy atom. The van der Waals surface area contributed by atoms with Crippen LogP contribution in [-0.4, -0.2) is 35.8 Å². The highest BCUT2D eigenvalue weighted by molar-refractivity contribution is 7.89. The largest absolute Gasteiger partial charge is 0.326 e. The van der Waals surface area contributed by atoms with Crippen LogP contribution in [0.1, 0.15) is 13.3 Å². The molecule has 116 valence electrons. The summed E-state index contributed by atoms with van der Waals surface area (Å²) in [6.45, 7) is 1.96. The lowest BCUT2D eigenvalue weighted by Gasteiger charge is -2.19. The molecule has 2 rings (SSSR count). The average molecular weight is 322 g/mol. The van der Waals surface area contributed by atoms with Gasteiger partial charge < -0.3 is 4.98 Å². The van der Waals surface area contributed by atoms with Crippen LogP contribution in [-0.2, 0) is 10.0 Å². The molecule has 2 aromatic rings. The lowest BCUT2D eigenvalue weighted by molar-refractivity contribution is 0.435. The van der Waals surface area contributed by atoms with E-state index in [1.807, 2.05) is 6.07 Å². The van der Waals surface area contributed by atoms with E-state index < -0.39 is 21.3 Å². The quantitative estimate of drug-likeness (QED) is 0.809. The zero-order valence-corrected chi connectivity index (χ0v) is 12.6. The Balaban J connectivity index is 2.57. The Hall–Kier alpha value is -2.44. The second-order valence-corrected chi connectivity index (χ2v) is 6.46. The number of rotatable bonds is 5. The Morgan fingerprint density at radius 2 is 2.00 bits per heavy atom. The lowest BCUT2D eigenvalue weighted by atomic mass is 10.2. The van der Waals surface area contributed by atoms with Crippen molar-refractivity contribution < 1.29 is 8.42 Å². The number of nitrogens with zero attached hydrogens (tertiary/aromatic N) is 2. The molecule has 1 heterocycles. The van der Waals surface area contributed by atoms with Crippen molar-refractivity contribution in [2.45, 2.75) is 18.2 Å². The SMILES string of the molecule is CCN(CCC#N)S(=O)(=O)c1ccc2[nH]c(=O)[nH]c(=O)c2c1. The summed E-state index contributed by atoms with van der Waals surface area (Å²) in [5, 5.41) is 8.68. The minimum Gasteiger partial charge on any atom is -0.307 e. The summed E-state index contributed by atoms with van der Waals surface area (Å²) < 4.78 is 26.2. The van der Waals surface area contributed by atoms with E-state index in [0.29, 0.717) is 0 Å². The minimum absolute atomic E-state index is 0.0580. The van der Waals surface area contributed by atoms with E-state index in [1.165, 1.54) is 18.2 Å². The summed E-state index contributed by atoms with van der Waals surface area (Å²) in [4.78, 5) is 27.4. The molecule has 0 aliphatic rings. The summed E-state index contributed by atoms with van der Waals surface area (Å²) in [5.41, 5.74) is -1.05. The second-order valence-electron chi connectivity index (χ2n) is 4.52. The van der Waals surface area contributed by atoms with E-state index in [4.69, 9.17) is 5.26 Å². The number of H-pyrrole nitrogens is 2. The van der Waals surface area contributed by atoms with Crippen LogP contribution in [0.25, 0.3) is 10.9 Å². The molecule has 0 unspecified atom stereocenters. The average Bonchev–Trinajstić information content (AvgIpc) is 2.47. The molecular formula is C13H14N4O4S. The Kier molecular flexibility index (Phi) is 4.44. The lowest BCUT2D eigenvalue weighted by Crippen LogP contribution is -2.32. The molecule has 1 aromatic heterocycles. The Bertz CT molecular complexity index is 952. The van der Waals surface area contributed by atoms with Crippen LogP contribution in [0.5, 0.6) is 0 Å². The number of nitriles is 1. The standard InChI is InChI=1S/C13H14N4O4S/c1-2-17(7-3-6-14)22(20,21)9-4-5-11-10(8-9)12(18)16-13(19)15-11/h4-5,8H,2-3,7H2,1H3,(H2,15,16,18,19). The molecule has 0 saturated heterocycles. The summed E-state index contributed by atoms with van der Waals surface area (Å²) in [6.07, 6.45) is 0.0779. The van der Waals surface area contributed by atoms with Crippen LogP contribution < -0.4 is 11.2 Å². The van der Waals surface area contributed by atoms with Gasteiger partial charge >= 0.3 is 5.69 Å². The molecule has 0 radical (unpaired) electrons. The summed E-state index contributed by atoms with van der Waals surface area (Å²) in [7, 11) is -3.80. The van der Waals surface area contributed by atoms with Crippen molar-refractivity contribution in [2.24, 2.45) is 0 Å². The minimum atomic E-state index is -3.80. The van der Waals surface area contributed by atoms with Gasteiger partial charge in [0.1, 0.15) is 0 Å². The number of nitrogens with one attached hydrogen (secondary N) is 2. The molecule has 0 atom stereocenters. The van der Waals surface area contributed by atoms with Crippen LogP contribution in [0.15, 0.2) is 32.7 Å². The van der Waals surface area contributed by atoms with Crippen molar-refractivity contribution >= 4 is 20.9 Å². The number of hydrogen-bond donors (Lipinski definition) is 2. The van der Waals surface area contributed by atoms with Gasteiger partial charge in [0.05, 0.1) is 21.9 Å². The number of aromatic amines is 2. The molecule has 22 heavy (non-hydrogen) atoms. The van der Waals surface area contributed by atoms with Gasteiger partial charge in [-0.2, -0.15) is 9.57 Å². The zero-order valence-electron chi connectivity index (χ0n) is 11.8. The molecule has 0 amide bonds. The molecule has 8 nitrogen and oxygen atoms in total. The first kappa shape index (κ1) is 15.9. The number of benzene rings is 1. The molecule has 2 N–H and O–H groups in total. The third kappa shape index (κ3) is 2.93. The van der Waals surface area contributed by atoms with Crippen LogP contribution in [0.2, 0.25) is 0 Å². The van der Waals surface area contributed by atoms with Crippen molar-refractivity contribution in [1.29, 1.82) is 5.26 Å². The van der Waals surface area contributed by atoms with Gasteiger partial charge in [-0.1, -0.05) is 6.92 Å². The Labute approximate surface area is 126 Å². The fourth-order valence-electron chi connectivity index (χ4n) is 2.08. The molecule has 0 saturated carbocycles. The normalized spacial score (nSPS) is 11.7. The monoisotopic (exact) mass is 322 g/mol. The molecule has 0 fully saturated rings. The fourth-order valence-corrected chi connectivity index (χ4v) is 3.55. The number of sulfonamides is 1. The van der Waals surface area contributed by atoms with E-state index in [9.17, 15) is 18.0 Å². The van der Waals surface area contributed by atoms with E-state index >= 15 is 0 Å². The molecule has 0 bridgehead atoms. The van der Waals surface area contributed by atoms with Crippen molar-refractivity contribution in [3.63, 3.8) is 0 Å². The van der Waals surface area contributed by atoms with E-state index in [1.54, 1.807) is 6.92 Å². The summed E-state index contributed by atoms with van der Waals surface area (Å²) >= 11 is 0. The van der Waals surface area contributed by atoms with Crippen molar-refractivity contribution in [1.82, 2.24) is 14.3 Å². The van der Waals surface area contributed by atoms with Crippen molar-refractivity contribution in [3.8, 4) is 6.07 Å². The topological polar surface area (TPSA) is 127 Å². The van der Waals surface area contributed by atoms with Crippen molar-refractivity contribution in [2.75, 3.05) is 13.1 Å². The van der Waals surface area contributed by atoms with Crippen LogP contribution in [0.4, 0.5) is 0 Å². The first-order valence-electron chi connectivity index (χ1n) is 6.53. The van der Waals surface area contributed by atoms with E-state index in [0.717, 1.165) is 4.31 Å². The molecule has 0 spiro atoms. The third-order valence-electron chi connectivity index (χ3n) is 3.17. The maximum absolute atomic E-state index is 12.5. The zero-order chi connectivity index (χ0) is 16.3. The highest BCUT2D eigenvalue weighted by atomic mass is 32.2. The maximum Gasteiger partial charge on any atom is 0.326 e. The van der Waals surface area contributed by atoms with Gasteiger partial charge in [-0.25, -0.2) is 13.2 Å². The first-order valence-corrected chi connectivity index (χ1v) is 7.97. The van der Waals surface area contributed by atoms with Crippen LogP contribution in [0, 0.1) is 11.3 Å². The molecule has 9 heteroatoms. The molecular weight excluding hydrogens is 308 g/mol. The number of hydrogen-bond acceptors (Lipinski definition) is 5. The fraction of sp³-hybridized carbons (Fsp3) is 0.308. The predicted octanol–water partition coefficient (Wildman–Crippen LogP) is 0.141. The van der Waals surface area contributed by atoms with Crippen molar-refractivity contribution in [3.05, 3.63) is 39.0 Å². The van der Waals surface area contributed by atoms with Gasteiger partial charge in [0.2, 0.25) is 10.0 Å². The molecule has 0 aliphatic heterocycles. The third-order valence-corrected chi connectivity index (χ3v) is 5.14. The van der Waals surface area contributed by atoms with Crippen LogP contribution >= 0.6 is 0 Å². The van der Waals surface area contributed by atoms with Gasteiger partial charge in [-0.3, -0.25) is 9.78 Å². The van der Waals surface area contributed by atoms with Gasteiger partial charge in [-0.05, 0) is 18.2 Å². The Morgan fingerprint density at radius 3 is 2.64 bits per heavy atom. The maximum atomic E-state index is 12.5. The first-order chi connectivity index (χ1) is 10.4. The van der Waals surface area contributed by atoms with E-state index in [-0.39, 0.29) is 35.3 Å². The van der Waals surface area contributed by atoms with Gasteiger partial charge in [0, 0.05) is 19.5 Å². The molecule has 0 aliphatic carbocycles. The highest BCUT2D eigenvalue weighted by Gasteiger charge is 2.23. The second kappa shape index (κ2) is 6.13. The van der Waals surface area contributed by atoms with Gasteiger partial charge in [0.15, 0.2) is 0 Å². The number of aromatic nitrogens is 2. The van der Waals surface area contributed by atoms with Gasteiger partial charge in [0.25, 0.3) is 5.56 Å². The van der Waals surface area contributed by atoms with Gasteiger partial charge in [-0.15, -0.1) is 0 Å². The summed E-state index contributed by atoms with van der Waals surface area (Å²) in [5.74, 6) is 0. The predicted molar refractivity (Wildman–Crippen MR) is 79.9 cm³/mol. The van der Waals surface area contributed by atoms with Crippen LogP contribution in [0.3, 0.4) is 0 Å². The highest BCUT2D eigenvalue weighted by Crippen LogP contribution is 2.18. The summed E-state index contributed by atoms with van der Waals surface area (Å²) in [6, 6.07) is 5.81. The smallest absolute Gasteiger partial charge is 0.307 e.